The van der Waals surface area contributed by atoms with E-state index in [9.17, 15) is 5.21 Å². The number of hydrogen-bond acceptors (Lipinski definition) is 3. The molecule has 0 unspecified atom stereocenters. The Kier molecular flexibility index (Phi) is 2.86. The number of aliphatic hydroxyl groups excluding tert-OH is 1. The van der Waals surface area contributed by atoms with Gasteiger partial charge in [0, 0.05) is 6.92 Å². The molecular weight excluding hydrogens is 112 g/mol. The first-order valence-electron chi connectivity index (χ1n) is 2.14. The minimum Gasteiger partial charge on any atom is -0.597 e. The van der Waals surface area contributed by atoms with Crippen molar-refractivity contribution >= 4 is 0 Å². The van der Waals surface area contributed by atoms with E-state index in [-0.39, 0.29) is 11.5 Å². The van der Waals surface area contributed by atoms with Gasteiger partial charge in [-0.05, 0) is 0 Å². The third kappa shape index (κ3) is 1.74. The standard InChI is InChI=1S/C3H8N2O3/c1-3(2-6)5(8)4-7/h3,6-7H,2H2,1H3/b5-4+/t3-/m0/s1. The average molecular weight is 120 g/mol. The van der Waals surface area contributed by atoms with Crippen molar-refractivity contribution in [3.05, 3.63) is 5.21 Å². The predicted octanol–water partition coefficient (Wildman–Crippen LogP) is -0.281. The van der Waals surface area contributed by atoms with Crippen LogP contribution in [0, 0.1) is 5.21 Å². The van der Waals surface area contributed by atoms with Gasteiger partial charge in [0.05, 0.1) is 0 Å². The Balaban J connectivity index is 3.63. The summed E-state index contributed by atoms with van der Waals surface area (Å²) in [4.78, 5) is 0.0278. The Morgan fingerprint density at radius 3 is 2.50 bits per heavy atom. The molecule has 0 radical (unpaired) electrons. The van der Waals surface area contributed by atoms with Crippen molar-refractivity contribution in [2.24, 2.45) is 5.28 Å². The van der Waals surface area contributed by atoms with Gasteiger partial charge >= 0.3 is 0 Å². The Morgan fingerprint density at radius 2 is 2.38 bits per heavy atom. The molecule has 0 amide bonds. The van der Waals surface area contributed by atoms with Crippen LogP contribution in [-0.4, -0.2) is 27.8 Å². The van der Waals surface area contributed by atoms with Crippen molar-refractivity contribution < 1.29 is 15.2 Å². The van der Waals surface area contributed by atoms with E-state index < -0.39 is 6.04 Å². The third-order valence-electron chi connectivity index (χ3n) is 0.729. The van der Waals surface area contributed by atoms with Crippen LogP contribution in [0.4, 0.5) is 0 Å². The first-order chi connectivity index (χ1) is 3.72. The molecule has 1 atom stereocenters. The normalized spacial score (nSPS) is 16.0. The molecule has 0 fully saturated rings. The zero-order valence-corrected chi connectivity index (χ0v) is 4.48. The maximum atomic E-state index is 10.1. The highest BCUT2D eigenvalue weighted by atomic mass is 16.6. The molecule has 0 saturated heterocycles. The van der Waals surface area contributed by atoms with Gasteiger partial charge in [-0.25, -0.2) is 0 Å². The minimum absolute atomic E-state index is 0.0278. The van der Waals surface area contributed by atoms with Crippen molar-refractivity contribution in [2.45, 2.75) is 13.0 Å². The first-order valence-corrected chi connectivity index (χ1v) is 2.14. The molecule has 0 aromatic heterocycles. The van der Waals surface area contributed by atoms with Crippen LogP contribution >= 0.6 is 0 Å². The average Bonchev–Trinajstić information content (AvgIpc) is 1.84. The number of hydroxylamine groups is 1. The summed E-state index contributed by atoms with van der Waals surface area (Å²) in [5.74, 6) is 0. The van der Waals surface area contributed by atoms with Gasteiger partial charge in [-0.2, -0.15) is 0 Å². The molecule has 0 aliphatic rings. The summed E-state index contributed by atoms with van der Waals surface area (Å²) in [7, 11) is 0. The summed E-state index contributed by atoms with van der Waals surface area (Å²) in [6, 6.07) is -0.667. The van der Waals surface area contributed by atoms with Crippen molar-refractivity contribution in [2.75, 3.05) is 6.61 Å². The lowest BCUT2D eigenvalue weighted by molar-refractivity contribution is -0.590. The Bertz CT molecular complexity index is 92.5. The van der Waals surface area contributed by atoms with E-state index in [1.54, 1.807) is 0 Å². The Hall–Kier alpha value is -0.840. The van der Waals surface area contributed by atoms with E-state index >= 15 is 0 Å². The summed E-state index contributed by atoms with van der Waals surface area (Å²) in [5.41, 5.74) is 0. The Labute approximate surface area is 46.4 Å². The predicted molar refractivity (Wildman–Crippen MR) is 24.4 cm³/mol. The fraction of sp³-hybridized carbons (Fsp3) is 1.00. The molecule has 0 saturated carbocycles. The van der Waals surface area contributed by atoms with Gasteiger partial charge in [-0.15, -0.1) is 0 Å². The van der Waals surface area contributed by atoms with Crippen LogP contribution in [0.5, 0.6) is 0 Å². The van der Waals surface area contributed by atoms with E-state index in [1.807, 2.05) is 0 Å². The molecule has 0 bridgehead atoms. The molecule has 0 aliphatic carbocycles. The van der Waals surface area contributed by atoms with E-state index in [0.717, 1.165) is 0 Å². The topological polar surface area (TPSA) is 78.9 Å². The summed E-state index contributed by atoms with van der Waals surface area (Å²) < 4.78 is 0. The van der Waals surface area contributed by atoms with E-state index in [0.29, 0.717) is 0 Å². The van der Waals surface area contributed by atoms with Crippen LogP contribution in [0.3, 0.4) is 0 Å². The highest BCUT2D eigenvalue weighted by Crippen LogP contribution is 1.85. The van der Waals surface area contributed by atoms with Crippen LogP contribution < -0.4 is 0 Å². The monoisotopic (exact) mass is 120 g/mol. The molecule has 5 heteroatoms. The second-order valence-corrected chi connectivity index (χ2v) is 1.42. The van der Waals surface area contributed by atoms with Gasteiger partial charge in [-0.1, -0.05) is 4.86 Å². The van der Waals surface area contributed by atoms with Crippen molar-refractivity contribution in [1.82, 2.24) is 0 Å². The highest BCUT2D eigenvalue weighted by Gasteiger charge is 2.07. The highest BCUT2D eigenvalue weighted by molar-refractivity contribution is 4.37. The van der Waals surface area contributed by atoms with E-state index in [1.165, 1.54) is 6.92 Å². The van der Waals surface area contributed by atoms with Crippen molar-refractivity contribution in [3.63, 3.8) is 0 Å². The van der Waals surface area contributed by atoms with Crippen LogP contribution in [0.1, 0.15) is 6.92 Å². The lowest BCUT2D eigenvalue weighted by Crippen LogP contribution is -2.19. The fourth-order valence-electron chi connectivity index (χ4n) is 0.158. The van der Waals surface area contributed by atoms with Gasteiger partial charge in [0.25, 0.3) is 0 Å². The van der Waals surface area contributed by atoms with Gasteiger partial charge in [0.2, 0.25) is 6.04 Å². The number of hydrogen-bond donors (Lipinski definition) is 2. The quantitative estimate of drug-likeness (QED) is 0.299. The summed E-state index contributed by atoms with van der Waals surface area (Å²) >= 11 is 0. The van der Waals surface area contributed by atoms with Crippen LogP contribution in [0.25, 0.3) is 0 Å². The second-order valence-electron chi connectivity index (χ2n) is 1.42. The first kappa shape index (κ1) is 7.16. The maximum Gasteiger partial charge on any atom is 0.213 e. The molecule has 0 heterocycles. The minimum atomic E-state index is -0.667. The molecule has 5 nitrogen and oxygen atoms in total. The smallest absolute Gasteiger partial charge is 0.213 e. The summed E-state index contributed by atoms with van der Waals surface area (Å²) in [5, 5.41) is 28.3. The number of nitrogens with zero attached hydrogens (tertiary/aromatic N) is 2. The van der Waals surface area contributed by atoms with Crippen LogP contribution in [-0.2, 0) is 0 Å². The third-order valence-corrected chi connectivity index (χ3v) is 0.729. The number of aliphatic hydroxyl groups is 1. The van der Waals surface area contributed by atoms with Gasteiger partial charge in [0.1, 0.15) is 6.61 Å². The zero-order chi connectivity index (χ0) is 6.57. The largest absolute Gasteiger partial charge is 0.597 e. The van der Waals surface area contributed by atoms with Crippen LogP contribution in [0.2, 0.25) is 0 Å². The van der Waals surface area contributed by atoms with Gasteiger partial charge in [-0.3, -0.25) is 0 Å². The molecule has 8 heavy (non-hydrogen) atoms. The molecule has 0 aromatic carbocycles. The molecule has 0 spiro atoms. The van der Waals surface area contributed by atoms with Crippen molar-refractivity contribution in [3.8, 4) is 0 Å². The Morgan fingerprint density at radius 1 is 1.88 bits per heavy atom. The molecule has 48 valence electrons. The van der Waals surface area contributed by atoms with E-state index in [4.69, 9.17) is 10.3 Å². The number of rotatable bonds is 2. The molecule has 0 rings (SSSR count). The SMILES string of the molecule is C[C@@H](CO)/[N+]([O-])=N\O. The fourth-order valence-corrected chi connectivity index (χ4v) is 0.158. The van der Waals surface area contributed by atoms with E-state index in [2.05, 4.69) is 5.28 Å². The molecule has 0 aliphatic heterocycles. The van der Waals surface area contributed by atoms with Crippen molar-refractivity contribution in [1.29, 1.82) is 0 Å². The van der Waals surface area contributed by atoms with Gasteiger partial charge in [0.15, 0.2) is 5.28 Å². The molecular formula is C3H8N2O3. The second kappa shape index (κ2) is 3.20. The summed E-state index contributed by atoms with van der Waals surface area (Å²) in [6.45, 7) is 1.13. The molecule has 0 aromatic rings. The maximum absolute atomic E-state index is 10.1. The lowest BCUT2D eigenvalue weighted by Gasteiger charge is -2.01. The van der Waals surface area contributed by atoms with Gasteiger partial charge < -0.3 is 15.5 Å². The van der Waals surface area contributed by atoms with Crippen LogP contribution in [0.15, 0.2) is 5.28 Å². The summed E-state index contributed by atoms with van der Waals surface area (Å²) in [6.07, 6.45) is 0. The lowest BCUT2D eigenvalue weighted by atomic mass is 10.4. The zero-order valence-electron chi connectivity index (χ0n) is 4.48. The molecule has 2 N–H and O–H groups in total.